The minimum Gasteiger partial charge on any atom is -0.312 e. The Morgan fingerprint density at radius 3 is 2.76 bits per heavy atom. The predicted octanol–water partition coefficient (Wildman–Crippen LogP) is 4.35. The predicted molar refractivity (Wildman–Crippen MR) is 80.3 cm³/mol. The summed E-state index contributed by atoms with van der Waals surface area (Å²) in [5, 5.41) is 3.19. The third kappa shape index (κ3) is 2.70. The highest BCUT2D eigenvalue weighted by Crippen LogP contribution is 2.40. The van der Waals surface area contributed by atoms with Crippen molar-refractivity contribution in [3.8, 4) is 0 Å². The molecule has 2 aromatic carbocycles. The van der Waals surface area contributed by atoms with E-state index in [1.165, 1.54) is 29.3 Å². The van der Waals surface area contributed by atoms with Gasteiger partial charge in [0.15, 0.2) is 0 Å². The van der Waals surface area contributed by atoms with Crippen LogP contribution in [-0.4, -0.2) is 7.05 Å². The first kappa shape index (κ1) is 14.2. The van der Waals surface area contributed by atoms with E-state index in [1.807, 2.05) is 19.2 Å². The molecule has 110 valence electrons. The van der Waals surface area contributed by atoms with Gasteiger partial charge in [0, 0.05) is 17.5 Å². The fraction of sp³-hybridized carbons (Fsp3) is 0.333. The van der Waals surface area contributed by atoms with E-state index in [1.54, 1.807) is 0 Å². The van der Waals surface area contributed by atoms with Crippen LogP contribution in [0.15, 0.2) is 42.5 Å². The number of hydrogen-bond acceptors (Lipinski definition) is 1. The molecule has 2 aromatic rings. The molecule has 0 bridgehead atoms. The summed E-state index contributed by atoms with van der Waals surface area (Å²) < 4.78 is 27.6. The van der Waals surface area contributed by atoms with Crippen molar-refractivity contribution in [2.45, 2.75) is 31.2 Å². The lowest BCUT2D eigenvalue weighted by molar-refractivity contribution is 0.409. The van der Waals surface area contributed by atoms with Crippen LogP contribution in [0, 0.1) is 11.6 Å². The summed E-state index contributed by atoms with van der Waals surface area (Å²) in [6.07, 6.45) is 3.13. The van der Waals surface area contributed by atoms with Crippen LogP contribution in [0.1, 0.15) is 41.5 Å². The summed E-state index contributed by atoms with van der Waals surface area (Å²) in [6.45, 7) is 0. The van der Waals surface area contributed by atoms with E-state index in [0.29, 0.717) is 5.56 Å². The van der Waals surface area contributed by atoms with Crippen LogP contribution in [0.2, 0.25) is 0 Å². The highest BCUT2D eigenvalue weighted by molar-refractivity contribution is 5.36. The summed E-state index contributed by atoms with van der Waals surface area (Å²) in [5.74, 6) is -0.564. The first-order chi connectivity index (χ1) is 10.2. The quantitative estimate of drug-likeness (QED) is 0.885. The van der Waals surface area contributed by atoms with Crippen molar-refractivity contribution in [2.75, 3.05) is 7.05 Å². The smallest absolute Gasteiger partial charge is 0.128 e. The fourth-order valence-corrected chi connectivity index (χ4v) is 3.46. The van der Waals surface area contributed by atoms with Crippen molar-refractivity contribution in [3.05, 3.63) is 70.8 Å². The summed E-state index contributed by atoms with van der Waals surface area (Å²) in [4.78, 5) is 0. The zero-order chi connectivity index (χ0) is 14.8. The molecule has 0 heterocycles. The molecule has 0 spiro atoms. The molecule has 1 N–H and O–H groups in total. The summed E-state index contributed by atoms with van der Waals surface area (Å²) >= 11 is 0. The van der Waals surface area contributed by atoms with E-state index in [0.717, 1.165) is 19.3 Å². The maximum absolute atomic E-state index is 14.1. The fourth-order valence-electron chi connectivity index (χ4n) is 3.46. The van der Waals surface area contributed by atoms with Crippen LogP contribution in [0.25, 0.3) is 0 Å². The molecular formula is C18H19F2N. The molecule has 0 saturated heterocycles. The van der Waals surface area contributed by atoms with Gasteiger partial charge in [0.05, 0.1) is 0 Å². The second-order valence-electron chi connectivity index (χ2n) is 5.63. The Morgan fingerprint density at radius 2 is 1.95 bits per heavy atom. The summed E-state index contributed by atoms with van der Waals surface area (Å²) in [5.41, 5.74) is 3.00. The molecule has 2 unspecified atom stereocenters. The Kier molecular flexibility index (Phi) is 4.02. The van der Waals surface area contributed by atoms with Crippen molar-refractivity contribution in [2.24, 2.45) is 0 Å². The van der Waals surface area contributed by atoms with Gasteiger partial charge in [0.1, 0.15) is 11.6 Å². The van der Waals surface area contributed by atoms with E-state index in [4.69, 9.17) is 0 Å². The van der Waals surface area contributed by atoms with E-state index in [2.05, 4.69) is 17.4 Å². The standard InChI is InChI=1S/C18H19F2N/c1-21-18(16-11-13(19)9-10-17(16)20)15-8-4-6-12-5-2-3-7-14(12)15/h2-3,5,7,9-11,15,18,21H,4,6,8H2,1H3. The molecule has 2 atom stereocenters. The minimum absolute atomic E-state index is 0.177. The van der Waals surface area contributed by atoms with Gasteiger partial charge in [-0.25, -0.2) is 8.78 Å². The van der Waals surface area contributed by atoms with Gasteiger partial charge in [-0.15, -0.1) is 0 Å². The molecule has 1 aliphatic rings. The van der Waals surface area contributed by atoms with Crippen molar-refractivity contribution >= 4 is 0 Å². The molecule has 1 aliphatic carbocycles. The van der Waals surface area contributed by atoms with Gasteiger partial charge < -0.3 is 5.32 Å². The Hall–Kier alpha value is -1.74. The molecule has 21 heavy (non-hydrogen) atoms. The van der Waals surface area contributed by atoms with Crippen LogP contribution >= 0.6 is 0 Å². The van der Waals surface area contributed by atoms with Crippen LogP contribution in [0.4, 0.5) is 8.78 Å². The third-order valence-electron chi connectivity index (χ3n) is 4.42. The molecule has 3 rings (SSSR count). The molecule has 0 amide bonds. The van der Waals surface area contributed by atoms with Crippen molar-refractivity contribution in [1.29, 1.82) is 0 Å². The van der Waals surface area contributed by atoms with Crippen LogP contribution in [-0.2, 0) is 6.42 Å². The maximum atomic E-state index is 14.1. The van der Waals surface area contributed by atoms with E-state index in [-0.39, 0.29) is 17.8 Å². The number of aryl methyl sites for hydroxylation is 1. The first-order valence-electron chi connectivity index (χ1n) is 7.40. The van der Waals surface area contributed by atoms with Gasteiger partial charge in [-0.2, -0.15) is 0 Å². The monoisotopic (exact) mass is 287 g/mol. The molecular weight excluding hydrogens is 268 g/mol. The van der Waals surface area contributed by atoms with Crippen molar-refractivity contribution in [1.82, 2.24) is 5.32 Å². The van der Waals surface area contributed by atoms with Gasteiger partial charge in [-0.05, 0) is 55.6 Å². The molecule has 0 saturated carbocycles. The molecule has 3 heteroatoms. The number of halogens is 2. The van der Waals surface area contributed by atoms with E-state index >= 15 is 0 Å². The van der Waals surface area contributed by atoms with E-state index in [9.17, 15) is 8.78 Å². The number of likely N-dealkylation sites (N-methyl/N-ethyl adjacent to an activating group) is 1. The van der Waals surface area contributed by atoms with E-state index < -0.39 is 5.82 Å². The highest BCUT2D eigenvalue weighted by Gasteiger charge is 2.29. The second-order valence-corrected chi connectivity index (χ2v) is 5.63. The topological polar surface area (TPSA) is 12.0 Å². The Bertz CT molecular complexity index is 639. The number of hydrogen-bond donors (Lipinski definition) is 1. The van der Waals surface area contributed by atoms with Gasteiger partial charge >= 0.3 is 0 Å². The molecule has 0 fully saturated rings. The van der Waals surface area contributed by atoms with Crippen LogP contribution in [0.3, 0.4) is 0 Å². The Balaban J connectivity index is 2.03. The highest BCUT2D eigenvalue weighted by atomic mass is 19.1. The normalized spacial score (nSPS) is 19.1. The minimum atomic E-state index is -0.393. The number of fused-ring (bicyclic) bond motifs is 1. The molecule has 0 aromatic heterocycles. The van der Waals surface area contributed by atoms with Crippen molar-refractivity contribution < 1.29 is 8.78 Å². The summed E-state index contributed by atoms with van der Waals surface area (Å²) in [6, 6.07) is 11.8. The summed E-state index contributed by atoms with van der Waals surface area (Å²) in [7, 11) is 1.81. The zero-order valence-electron chi connectivity index (χ0n) is 12.1. The SMILES string of the molecule is CNC(c1cc(F)ccc1F)C1CCCc2ccccc21. The number of benzene rings is 2. The molecule has 0 aliphatic heterocycles. The number of rotatable bonds is 3. The van der Waals surface area contributed by atoms with Gasteiger partial charge in [0.25, 0.3) is 0 Å². The van der Waals surface area contributed by atoms with Gasteiger partial charge in [-0.1, -0.05) is 24.3 Å². The molecule has 0 radical (unpaired) electrons. The van der Waals surface area contributed by atoms with Crippen LogP contribution in [0.5, 0.6) is 0 Å². The van der Waals surface area contributed by atoms with Gasteiger partial charge in [0.2, 0.25) is 0 Å². The lowest BCUT2D eigenvalue weighted by Gasteiger charge is -2.32. The largest absolute Gasteiger partial charge is 0.312 e. The van der Waals surface area contributed by atoms with Crippen LogP contribution < -0.4 is 5.32 Å². The maximum Gasteiger partial charge on any atom is 0.128 e. The lowest BCUT2D eigenvalue weighted by Crippen LogP contribution is -2.27. The zero-order valence-corrected chi connectivity index (χ0v) is 12.1. The lowest BCUT2D eigenvalue weighted by atomic mass is 9.76. The van der Waals surface area contributed by atoms with Crippen molar-refractivity contribution in [3.63, 3.8) is 0 Å². The second kappa shape index (κ2) is 5.94. The Morgan fingerprint density at radius 1 is 1.14 bits per heavy atom. The van der Waals surface area contributed by atoms with Gasteiger partial charge in [-0.3, -0.25) is 0 Å². The molecule has 1 nitrogen and oxygen atoms in total. The number of nitrogens with one attached hydrogen (secondary N) is 1. The first-order valence-corrected chi connectivity index (χ1v) is 7.40. The average molecular weight is 287 g/mol. The third-order valence-corrected chi connectivity index (χ3v) is 4.42. The average Bonchev–Trinajstić information content (AvgIpc) is 2.51. The Labute approximate surface area is 124 Å².